The van der Waals surface area contributed by atoms with Gasteiger partial charge in [0.25, 0.3) is 0 Å². The lowest BCUT2D eigenvalue weighted by atomic mass is 10.1. The third kappa shape index (κ3) is 6.94. The first-order valence-electron chi connectivity index (χ1n) is 11.2. The standard InChI is InChI=1S/C23H26F3N5O4/c1-30(21(34)18(9-14-7-8-14)29-22(35)23(24,25)26)13-19(32)31-12-15(10-17(31)11-27)20(33)28-16-5-3-2-4-6-16/h2-6,14-15,17-18H,7-10,12-13H2,1H3,(H,28,33)(H,29,35). The predicted octanol–water partition coefficient (Wildman–Crippen LogP) is 1.67. The van der Waals surface area contributed by atoms with Gasteiger partial charge in [-0.15, -0.1) is 0 Å². The summed E-state index contributed by atoms with van der Waals surface area (Å²) in [5.74, 6) is -4.61. The highest BCUT2D eigenvalue weighted by Crippen LogP contribution is 2.34. The van der Waals surface area contributed by atoms with E-state index < -0.39 is 48.4 Å². The molecule has 35 heavy (non-hydrogen) atoms. The first-order valence-corrected chi connectivity index (χ1v) is 11.2. The number of nitrogens with zero attached hydrogens (tertiary/aromatic N) is 3. The number of halogens is 3. The lowest BCUT2D eigenvalue weighted by Gasteiger charge is -2.27. The van der Waals surface area contributed by atoms with E-state index in [4.69, 9.17) is 0 Å². The number of para-hydroxylation sites is 1. The van der Waals surface area contributed by atoms with Crippen LogP contribution < -0.4 is 10.6 Å². The van der Waals surface area contributed by atoms with Crippen LogP contribution in [0.5, 0.6) is 0 Å². The second-order valence-corrected chi connectivity index (χ2v) is 8.88. The van der Waals surface area contributed by atoms with E-state index >= 15 is 0 Å². The zero-order valence-corrected chi connectivity index (χ0v) is 19.0. The van der Waals surface area contributed by atoms with Gasteiger partial charge >= 0.3 is 12.1 Å². The molecule has 3 rings (SSSR count). The molecule has 188 valence electrons. The van der Waals surface area contributed by atoms with Gasteiger partial charge in [0.2, 0.25) is 17.7 Å². The highest BCUT2D eigenvalue weighted by molar-refractivity contribution is 5.94. The van der Waals surface area contributed by atoms with E-state index in [1.807, 2.05) is 6.07 Å². The van der Waals surface area contributed by atoms with Crippen LogP contribution in [0.15, 0.2) is 30.3 Å². The largest absolute Gasteiger partial charge is 0.471 e. The fourth-order valence-electron chi connectivity index (χ4n) is 3.98. The number of amides is 4. The maximum absolute atomic E-state index is 12.9. The molecule has 2 fully saturated rings. The second kappa shape index (κ2) is 10.8. The summed E-state index contributed by atoms with van der Waals surface area (Å²) in [5, 5.41) is 13.9. The fourth-order valence-corrected chi connectivity index (χ4v) is 3.98. The van der Waals surface area contributed by atoms with E-state index in [0.717, 1.165) is 17.7 Å². The second-order valence-electron chi connectivity index (χ2n) is 8.88. The number of likely N-dealkylation sites (N-methyl/N-ethyl adjacent to an activating group) is 1. The molecule has 2 N–H and O–H groups in total. The third-order valence-corrected chi connectivity index (χ3v) is 6.06. The lowest BCUT2D eigenvalue weighted by molar-refractivity contribution is -0.175. The van der Waals surface area contributed by atoms with Gasteiger partial charge in [0, 0.05) is 19.3 Å². The van der Waals surface area contributed by atoms with Crippen molar-refractivity contribution in [2.45, 2.75) is 43.9 Å². The van der Waals surface area contributed by atoms with Crippen molar-refractivity contribution in [3.63, 3.8) is 0 Å². The summed E-state index contributed by atoms with van der Waals surface area (Å²) >= 11 is 0. The van der Waals surface area contributed by atoms with Gasteiger partial charge in [-0.3, -0.25) is 19.2 Å². The number of hydrogen-bond acceptors (Lipinski definition) is 5. The van der Waals surface area contributed by atoms with Gasteiger partial charge in [-0.2, -0.15) is 18.4 Å². The summed E-state index contributed by atoms with van der Waals surface area (Å²) in [6.07, 6.45) is -3.48. The molecule has 1 saturated heterocycles. The number of likely N-dealkylation sites (tertiary alicyclic amines) is 1. The Kier molecular flexibility index (Phi) is 7.99. The molecule has 9 nitrogen and oxygen atoms in total. The Morgan fingerprint density at radius 3 is 2.43 bits per heavy atom. The molecule has 1 heterocycles. The topological polar surface area (TPSA) is 123 Å². The molecule has 1 aromatic carbocycles. The summed E-state index contributed by atoms with van der Waals surface area (Å²) in [7, 11) is 1.25. The first-order chi connectivity index (χ1) is 16.5. The Bertz CT molecular complexity index is 1010. The van der Waals surface area contributed by atoms with Crippen LogP contribution in [0.4, 0.5) is 18.9 Å². The van der Waals surface area contributed by atoms with Crippen LogP contribution in [0.2, 0.25) is 0 Å². The van der Waals surface area contributed by atoms with Crippen LogP contribution in [0.25, 0.3) is 0 Å². The van der Waals surface area contributed by atoms with Crippen LogP contribution in [-0.2, 0) is 19.2 Å². The van der Waals surface area contributed by atoms with Gasteiger partial charge in [-0.05, 0) is 30.9 Å². The number of rotatable bonds is 8. The summed E-state index contributed by atoms with van der Waals surface area (Å²) < 4.78 is 38.1. The average molecular weight is 493 g/mol. The number of nitrogens with one attached hydrogen (secondary N) is 2. The van der Waals surface area contributed by atoms with Gasteiger partial charge in [0.15, 0.2) is 0 Å². The number of benzene rings is 1. The number of nitriles is 1. The van der Waals surface area contributed by atoms with Gasteiger partial charge in [-0.1, -0.05) is 31.0 Å². The maximum Gasteiger partial charge on any atom is 0.471 e. The van der Waals surface area contributed by atoms with Gasteiger partial charge < -0.3 is 20.4 Å². The zero-order chi connectivity index (χ0) is 25.8. The summed E-state index contributed by atoms with van der Waals surface area (Å²) in [6, 6.07) is 8.38. The molecule has 1 saturated carbocycles. The average Bonchev–Trinajstić information content (AvgIpc) is 3.51. The number of carbonyl (C=O) groups is 4. The molecule has 3 atom stereocenters. The number of anilines is 1. The van der Waals surface area contributed by atoms with Crippen molar-refractivity contribution < 1.29 is 32.3 Å². The molecule has 1 aliphatic carbocycles. The molecule has 1 aromatic rings. The monoisotopic (exact) mass is 493 g/mol. The minimum Gasteiger partial charge on any atom is -0.336 e. The van der Waals surface area contributed by atoms with Crippen LogP contribution in [0.3, 0.4) is 0 Å². The quantitative estimate of drug-likeness (QED) is 0.571. The molecule has 2 aliphatic rings. The number of hydrogen-bond donors (Lipinski definition) is 2. The fraction of sp³-hybridized carbons (Fsp3) is 0.522. The van der Waals surface area contributed by atoms with E-state index in [1.165, 1.54) is 11.9 Å². The minimum absolute atomic E-state index is 0.0337. The molecular weight excluding hydrogens is 467 g/mol. The Hall–Kier alpha value is -3.62. The zero-order valence-electron chi connectivity index (χ0n) is 19.0. The van der Waals surface area contributed by atoms with E-state index in [2.05, 4.69) is 5.32 Å². The number of carbonyl (C=O) groups excluding carboxylic acids is 4. The Morgan fingerprint density at radius 2 is 1.86 bits per heavy atom. The molecule has 12 heteroatoms. The van der Waals surface area contributed by atoms with E-state index in [0.29, 0.717) is 5.69 Å². The molecule has 4 amide bonds. The summed E-state index contributed by atoms with van der Waals surface area (Å²) in [6.45, 7) is -0.541. The molecule has 0 bridgehead atoms. The summed E-state index contributed by atoms with van der Waals surface area (Å²) in [5.41, 5.74) is 0.573. The van der Waals surface area contributed by atoms with Crippen LogP contribution >= 0.6 is 0 Å². The number of alkyl halides is 3. The first kappa shape index (κ1) is 26.0. The lowest BCUT2D eigenvalue weighted by Crippen LogP contribution is -2.53. The third-order valence-electron chi connectivity index (χ3n) is 6.06. The molecule has 3 unspecified atom stereocenters. The minimum atomic E-state index is -5.14. The van der Waals surface area contributed by atoms with E-state index in [9.17, 15) is 37.6 Å². The van der Waals surface area contributed by atoms with Crippen molar-refractivity contribution >= 4 is 29.3 Å². The smallest absolute Gasteiger partial charge is 0.336 e. The molecule has 0 aromatic heterocycles. The molecule has 0 spiro atoms. The van der Waals surface area contributed by atoms with Gasteiger partial charge in [-0.25, -0.2) is 0 Å². The molecular formula is C23H26F3N5O4. The van der Waals surface area contributed by atoms with Crippen molar-refractivity contribution in [2.75, 3.05) is 25.5 Å². The van der Waals surface area contributed by atoms with Crippen LogP contribution in [-0.4, -0.2) is 71.8 Å². The van der Waals surface area contributed by atoms with Crippen molar-refractivity contribution in [2.24, 2.45) is 11.8 Å². The van der Waals surface area contributed by atoms with Crippen molar-refractivity contribution in [1.29, 1.82) is 5.26 Å². The Balaban J connectivity index is 1.61. The van der Waals surface area contributed by atoms with E-state index in [1.54, 1.807) is 35.6 Å². The summed E-state index contributed by atoms with van der Waals surface area (Å²) in [4.78, 5) is 51.8. The molecule has 0 radical (unpaired) electrons. The van der Waals surface area contributed by atoms with Crippen molar-refractivity contribution in [1.82, 2.24) is 15.1 Å². The van der Waals surface area contributed by atoms with Crippen LogP contribution in [0, 0.1) is 23.2 Å². The highest BCUT2D eigenvalue weighted by Gasteiger charge is 2.43. The normalized spacial score (nSPS) is 20.5. The van der Waals surface area contributed by atoms with Gasteiger partial charge in [0.1, 0.15) is 12.1 Å². The highest BCUT2D eigenvalue weighted by atomic mass is 19.4. The Morgan fingerprint density at radius 1 is 1.20 bits per heavy atom. The van der Waals surface area contributed by atoms with Crippen molar-refractivity contribution in [3.05, 3.63) is 30.3 Å². The van der Waals surface area contributed by atoms with Crippen molar-refractivity contribution in [3.8, 4) is 6.07 Å². The predicted molar refractivity (Wildman–Crippen MR) is 117 cm³/mol. The SMILES string of the molecule is CN(CC(=O)N1CC(C(=O)Nc2ccccc2)CC1C#N)C(=O)C(CC1CC1)NC(=O)C(F)(F)F. The molecule has 1 aliphatic heterocycles. The Labute approximate surface area is 200 Å². The van der Waals surface area contributed by atoms with Crippen LogP contribution in [0.1, 0.15) is 25.7 Å². The maximum atomic E-state index is 12.9. The van der Waals surface area contributed by atoms with E-state index in [-0.39, 0.29) is 31.2 Å². The van der Waals surface area contributed by atoms with Gasteiger partial charge in [0.05, 0.1) is 18.5 Å².